The average molecular weight is 315 g/mol. The van der Waals surface area contributed by atoms with Crippen LogP contribution in [0.3, 0.4) is 0 Å². The minimum atomic E-state index is -0.932. The fraction of sp³-hybridized carbons (Fsp3) is 0.429. The second-order valence-electron chi connectivity index (χ2n) is 4.92. The second kappa shape index (κ2) is 6.02. The Hall–Kier alpha value is -1.26. The van der Waals surface area contributed by atoms with E-state index in [9.17, 15) is 9.59 Å². The molecule has 1 aliphatic carbocycles. The second-order valence-corrected chi connectivity index (χ2v) is 5.76. The Balaban J connectivity index is 2.06. The van der Waals surface area contributed by atoms with Gasteiger partial charge in [-0.1, -0.05) is 30.1 Å². The maximum absolute atomic E-state index is 12.3. The summed E-state index contributed by atoms with van der Waals surface area (Å²) in [6.45, 7) is 2.54. The molecule has 0 saturated heterocycles. The molecule has 108 valence electrons. The number of hydrogen-bond acceptors (Lipinski definition) is 2. The maximum Gasteiger partial charge on any atom is 0.240 e. The van der Waals surface area contributed by atoms with Gasteiger partial charge in [0.1, 0.15) is 5.41 Å². The van der Waals surface area contributed by atoms with Crippen molar-refractivity contribution < 1.29 is 9.59 Å². The predicted octanol–water partition coefficient (Wildman–Crippen LogP) is 3.24. The summed E-state index contributed by atoms with van der Waals surface area (Å²) in [7, 11) is 0. The first-order valence-electron chi connectivity index (χ1n) is 6.54. The highest BCUT2D eigenvalue weighted by atomic mass is 35.5. The molecule has 1 aromatic carbocycles. The van der Waals surface area contributed by atoms with Gasteiger partial charge >= 0.3 is 0 Å². The van der Waals surface area contributed by atoms with Crippen molar-refractivity contribution in [1.82, 2.24) is 5.32 Å². The number of carbonyl (C=O) groups excluding carboxylic acids is 2. The number of nitrogens with one attached hydrogen (secondary N) is 2. The molecule has 0 aliphatic heterocycles. The van der Waals surface area contributed by atoms with Gasteiger partial charge in [0.2, 0.25) is 11.8 Å². The van der Waals surface area contributed by atoms with Crippen LogP contribution in [0.4, 0.5) is 5.69 Å². The van der Waals surface area contributed by atoms with Crippen molar-refractivity contribution in [2.45, 2.75) is 26.2 Å². The van der Waals surface area contributed by atoms with Crippen LogP contribution in [0.2, 0.25) is 10.0 Å². The van der Waals surface area contributed by atoms with Gasteiger partial charge in [0, 0.05) is 11.6 Å². The van der Waals surface area contributed by atoms with Crippen molar-refractivity contribution in [2.75, 3.05) is 11.9 Å². The van der Waals surface area contributed by atoms with Crippen LogP contribution in [0.1, 0.15) is 26.2 Å². The molecule has 1 aliphatic rings. The van der Waals surface area contributed by atoms with Gasteiger partial charge in [-0.2, -0.15) is 0 Å². The van der Waals surface area contributed by atoms with Gasteiger partial charge in [-0.25, -0.2) is 0 Å². The minimum absolute atomic E-state index is 0.207. The summed E-state index contributed by atoms with van der Waals surface area (Å²) in [5.74, 6) is -0.516. The standard InChI is InChI=1S/C14H16Cl2N2O2/c1-2-7-17-12(19)14(5-6-14)13(20)18-11-4-3-9(15)8-10(11)16/h3-4,8H,2,5-7H2,1H3,(H,17,19)(H,18,20). The lowest BCUT2D eigenvalue weighted by Crippen LogP contribution is -2.40. The van der Waals surface area contributed by atoms with Crippen molar-refractivity contribution in [2.24, 2.45) is 5.41 Å². The van der Waals surface area contributed by atoms with Crippen molar-refractivity contribution in [1.29, 1.82) is 0 Å². The van der Waals surface area contributed by atoms with Crippen molar-refractivity contribution in [3.05, 3.63) is 28.2 Å². The van der Waals surface area contributed by atoms with E-state index in [1.807, 2.05) is 6.92 Å². The molecule has 4 nitrogen and oxygen atoms in total. The number of benzene rings is 1. The van der Waals surface area contributed by atoms with E-state index in [1.165, 1.54) is 0 Å². The van der Waals surface area contributed by atoms with Crippen molar-refractivity contribution in [3.63, 3.8) is 0 Å². The van der Waals surface area contributed by atoms with Gasteiger partial charge in [0.05, 0.1) is 10.7 Å². The van der Waals surface area contributed by atoms with Crippen LogP contribution in [-0.2, 0) is 9.59 Å². The predicted molar refractivity (Wildman–Crippen MR) is 80.1 cm³/mol. The molecule has 0 bridgehead atoms. The van der Waals surface area contributed by atoms with E-state index in [-0.39, 0.29) is 11.8 Å². The molecular formula is C14H16Cl2N2O2. The molecule has 0 heterocycles. The van der Waals surface area contributed by atoms with Gasteiger partial charge in [-0.3, -0.25) is 9.59 Å². The number of hydrogen-bond donors (Lipinski definition) is 2. The largest absolute Gasteiger partial charge is 0.355 e. The summed E-state index contributed by atoms with van der Waals surface area (Å²) in [4.78, 5) is 24.3. The zero-order chi connectivity index (χ0) is 14.8. The highest BCUT2D eigenvalue weighted by Crippen LogP contribution is 2.47. The molecule has 0 atom stereocenters. The van der Waals surface area contributed by atoms with Gasteiger partial charge in [0.25, 0.3) is 0 Å². The molecule has 6 heteroatoms. The average Bonchev–Trinajstić information content (AvgIpc) is 3.20. The van der Waals surface area contributed by atoms with Crippen LogP contribution < -0.4 is 10.6 Å². The van der Waals surface area contributed by atoms with Gasteiger partial charge < -0.3 is 10.6 Å². The highest BCUT2D eigenvalue weighted by Gasteiger charge is 2.56. The monoisotopic (exact) mass is 314 g/mol. The summed E-state index contributed by atoms with van der Waals surface area (Å²) in [5, 5.41) is 6.33. The summed E-state index contributed by atoms with van der Waals surface area (Å²) in [6, 6.07) is 4.82. The molecule has 20 heavy (non-hydrogen) atoms. The summed E-state index contributed by atoms with van der Waals surface area (Å²) in [5.41, 5.74) is -0.464. The SMILES string of the molecule is CCCNC(=O)C1(C(=O)Nc2ccc(Cl)cc2Cl)CC1. The smallest absolute Gasteiger partial charge is 0.240 e. The third-order valence-corrected chi connectivity index (χ3v) is 3.88. The molecule has 2 amide bonds. The Bertz CT molecular complexity index is 542. The van der Waals surface area contributed by atoms with E-state index in [0.717, 1.165) is 6.42 Å². The number of amides is 2. The molecule has 2 N–H and O–H groups in total. The molecule has 1 aromatic rings. The third kappa shape index (κ3) is 3.07. The van der Waals surface area contributed by atoms with Crippen molar-refractivity contribution >= 4 is 40.7 Å². The quantitative estimate of drug-likeness (QED) is 0.820. The lowest BCUT2D eigenvalue weighted by molar-refractivity contribution is -0.134. The zero-order valence-corrected chi connectivity index (χ0v) is 12.6. The van der Waals surface area contributed by atoms with Crippen molar-refractivity contribution in [3.8, 4) is 0 Å². The van der Waals surface area contributed by atoms with E-state index in [4.69, 9.17) is 23.2 Å². The van der Waals surface area contributed by atoms with Crippen LogP contribution in [0, 0.1) is 5.41 Å². The van der Waals surface area contributed by atoms with E-state index >= 15 is 0 Å². The number of rotatable bonds is 5. The van der Waals surface area contributed by atoms with Crippen LogP contribution >= 0.6 is 23.2 Å². The van der Waals surface area contributed by atoms with Gasteiger partial charge in [0.15, 0.2) is 0 Å². The third-order valence-electron chi connectivity index (χ3n) is 3.33. The topological polar surface area (TPSA) is 58.2 Å². The van der Waals surface area contributed by atoms with E-state index in [2.05, 4.69) is 10.6 Å². The lowest BCUT2D eigenvalue weighted by Gasteiger charge is -2.15. The normalized spacial score (nSPS) is 15.6. The number of carbonyl (C=O) groups is 2. The molecule has 0 aromatic heterocycles. The van der Waals surface area contributed by atoms with Crippen LogP contribution in [0.5, 0.6) is 0 Å². The molecule has 0 unspecified atom stereocenters. The fourth-order valence-electron chi connectivity index (χ4n) is 1.92. The Morgan fingerprint density at radius 3 is 2.50 bits per heavy atom. The number of halogens is 2. The molecule has 0 radical (unpaired) electrons. The first-order chi connectivity index (χ1) is 9.49. The minimum Gasteiger partial charge on any atom is -0.355 e. The zero-order valence-electron chi connectivity index (χ0n) is 11.1. The fourth-order valence-corrected chi connectivity index (χ4v) is 2.38. The maximum atomic E-state index is 12.3. The van der Waals surface area contributed by atoms with E-state index in [1.54, 1.807) is 18.2 Å². The Labute approximate surface area is 127 Å². The van der Waals surface area contributed by atoms with Crippen LogP contribution in [-0.4, -0.2) is 18.4 Å². The Kier molecular flexibility index (Phi) is 4.55. The summed E-state index contributed by atoms with van der Waals surface area (Å²) in [6.07, 6.45) is 1.98. The Morgan fingerprint density at radius 2 is 1.95 bits per heavy atom. The first kappa shape index (κ1) is 15.1. The van der Waals surface area contributed by atoms with E-state index < -0.39 is 5.41 Å². The Morgan fingerprint density at radius 1 is 1.25 bits per heavy atom. The number of anilines is 1. The molecule has 2 rings (SSSR count). The molecule has 1 fully saturated rings. The van der Waals surface area contributed by atoms with Crippen LogP contribution in [0.25, 0.3) is 0 Å². The first-order valence-corrected chi connectivity index (χ1v) is 7.30. The van der Waals surface area contributed by atoms with Gasteiger partial charge in [-0.15, -0.1) is 0 Å². The van der Waals surface area contributed by atoms with Gasteiger partial charge in [-0.05, 0) is 37.5 Å². The molecule has 0 spiro atoms. The highest BCUT2D eigenvalue weighted by molar-refractivity contribution is 6.36. The molecule has 1 saturated carbocycles. The van der Waals surface area contributed by atoms with Crippen LogP contribution in [0.15, 0.2) is 18.2 Å². The summed E-state index contributed by atoms with van der Waals surface area (Å²) >= 11 is 11.8. The summed E-state index contributed by atoms with van der Waals surface area (Å²) < 4.78 is 0. The lowest BCUT2D eigenvalue weighted by atomic mass is 10.0. The van der Waals surface area contributed by atoms with E-state index in [0.29, 0.717) is 35.1 Å². The molecular weight excluding hydrogens is 299 g/mol.